The van der Waals surface area contributed by atoms with Gasteiger partial charge in [-0.3, -0.25) is 39.4 Å². The van der Waals surface area contributed by atoms with Crippen molar-refractivity contribution in [3.05, 3.63) is 80.3 Å². The zero-order chi connectivity index (χ0) is 44.9. The maximum absolute atomic E-state index is 15.3. The molecule has 6 N–H and O–H groups in total. The minimum atomic E-state index is -0.784. The van der Waals surface area contributed by atoms with Gasteiger partial charge in [0.15, 0.2) is 11.5 Å². The SMILES string of the molecule is CCc1nc(C)sc1C(=O)Nc1nc2cc(C(N)=O)cc(OC)c2n1C/C=C/Cn1c(NC(=O)c2c(F)c(C)nn2CC)nc2cc(C(N)=O)cc(OCCCN3CCOCC3)c21. The zero-order valence-electron chi connectivity index (χ0n) is 35.6. The number of aryl methyl sites for hydroxylation is 4. The number of carbonyl (C=O) groups excluding carboxylic acids is 4. The number of amides is 4. The molecule has 0 bridgehead atoms. The second-order valence-electron chi connectivity index (χ2n) is 14.7. The predicted molar refractivity (Wildman–Crippen MR) is 234 cm³/mol. The van der Waals surface area contributed by atoms with Gasteiger partial charge in [0.05, 0.1) is 54.4 Å². The fourth-order valence-electron chi connectivity index (χ4n) is 7.42. The number of imidazole rings is 2. The highest BCUT2D eigenvalue weighted by molar-refractivity contribution is 7.13. The van der Waals surface area contributed by atoms with Gasteiger partial charge >= 0.3 is 0 Å². The van der Waals surface area contributed by atoms with Crippen LogP contribution in [0.2, 0.25) is 0 Å². The van der Waals surface area contributed by atoms with Gasteiger partial charge in [-0.1, -0.05) is 19.1 Å². The lowest BCUT2D eigenvalue weighted by molar-refractivity contribution is 0.0358. The summed E-state index contributed by atoms with van der Waals surface area (Å²) in [7, 11) is 1.45. The molecule has 1 fully saturated rings. The summed E-state index contributed by atoms with van der Waals surface area (Å²) < 4.78 is 37.5. The number of halogens is 1. The van der Waals surface area contributed by atoms with Gasteiger partial charge in [-0.15, -0.1) is 11.3 Å². The summed E-state index contributed by atoms with van der Waals surface area (Å²) in [5.41, 5.74) is 13.7. The molecule has 0 radical (unpaired) electrons. The number of nitrogens with one attached hydrogen (secondary N) is 2. The second-order valence-corrected chi connectivity index (χ2v) is 15.9. The maximum Gasteiger partial charge on any atom is 0.279 e. The Balaban J connectivity index is 1.26. The molecule has 2 aromatic carbocycles. The number of morpholine rings is 1. The number of rotatable bonds is 18. The van der Waals surface area contributed by atoms with E-state index in [2.05, 4.69) is 30.6 Å². The monoisotopic (exact) mass is 884 g/mol. The molecule has 0 saturated carbocycles. The quantitative estimate of drug-likeness (QED) is 0.0692. The molecule has 7 rings (SSSR count). The van der Waals surface area contributed by atoms with Gasteiger partial charge in [-0.05, 0) is 57.9 Å². The van der Waals surface area contributed by atoms with E-state index >= 15 is 4.39 Å². The number of anilines is 2. The van der Waals surface area contributed by atoms with Crippen molar-refractivity contribution in [1.82, 2.24) is 38.8 Å². The number of aromatic nitrogens is 7. The summed E-state index contributed by atoms with van der Waals surface area (Å²) in [6.07, 6.45) is 4.82. The normalized spacial score (nSPS) is 13.3. The number of nitrogens with two attached hydrogens (primary N) is 2. The van der Waals surface area contributed by atoms with Crippen molar-refractivity contribution in [1.29, 1.82) is 0 Å². The van der Waals surface area contributed by atoms with E-state index in [9.17, 15) is 19.2 Å². The molecular weight excluding hydrogens is 836 g/mol. The number of carbonyl (C=O) groups is 4. The molecule has 6 aromatic rings. The molecule has 1 saturated heterocycles. The Hall–Kier alpha value is -6.71. The van der Waals surface area contributed by atoms with Crippen LogP contribution in [0.15, 0.2) is 36.4 Å². The van der Waals surface area contributed by atoms with Crippen LogP contribution in [-0.4, -0.2) is 109 Å². The molecule has 4 amide bonds. The van der Waals surface area contributed by atoms with Gasteiger partial charge in [0.2, 0.25) is 23.7 Å². The fourth-order valence-corrected chi connectivity index (χ4v) is 8.33. The molecule has 0 aliphatic carbocycles. The molecule has 21 heteroatoms. The molecule has 5 heterocycles. The van der Waals surface area contributed by atoms with Crippen molar-refractivity contribution < 1.29 is 37.8 Å². The molecule has 63 heavy (non-hydrogen) atoms. The van der Waals surface area contributed by atoms with E-state index in [-0.39, 0.29) is 54.0 Å². The third-order valence-electron chi connectivity index (χ3n) is 10.5. The molecule has 19 nitrogen and oxygen atoms in total. The number of hydrogen-bond donors (Lipinski definition) is 4. The van der Waals surface area contributed by atoms with Gasteiger partial charge in [0.25, 0.3) is 11.8 Å². The first-order valence-corrected chi connectivity index (χ1v) is 21.2. The highest BCUT2D eigenvalue weighted by Gasteiger charge is 2.26. The average molecular weight is 885 g/mol. The van der Waals surface area contributed by atoms with Crippen LogP contribution in [0.5, 0.6) is 11.5 Å². The van der Waals surface area contributed by atoms with Crippen LogP contribution in [0.3, 0.4) is 0 Å². The van der Waals surface area contributed by atoms with E-state index in [1.165, 1.54) is 54.3 Å². The minimum Gasteiger partial charge on any atom is -0.494 e. The van der Waals surface area contributed by atoms with Crippen molar-refractivity contribution in [2.75, 3.05) is 57.2 Å². The van der Waals surface area contributed by atoms with Crippen LogP contribution < -0.4 is 31.6 Å². The van der Waals surface area contributed by atoms with Crippen LogP contribution in [0.4, 0.5) is 16.3 Å². The minimum absolute atomic E-state index is 0.0357. The van der Waals surface area contributed by atoms with Crippen LogP contribution in [0.25, 0.3) is 22.1 Å². The van der Waals surface area contributed by atoms with E-state index in [0.717, 1.165) is 24.6 Å². The number of thiazole rings is 1. The summed E-state index contributed by atoms with van der Waals surface area (Å²) in [4.78, 5) is 68.9. The van der Waals surface area contributed by atoms with E-state index in [4.69, 9.17) is 30.7 Å². The smallest absolute Gasteiger partial charge is 0.279 e. The molecule has 0 atom stereocenters. The largest absolute Gasteiger partial charge is 0.494 e. The Kier molecular flexibility index (Phi) is 13.5. The molecule has 1 aliphatic heterocycles. The number of fused-ring (bicyclic) bond motifs is 2. The predicted octanol–water partition coefficient (Wildman–Crippen LogP) is 4.45. The standard InChI is InChI=1S/C42H49FN12O7S/c1-6-27-36(63-24(4)46-27)40(59)50-42-47-28-19-25(37(44)56)21-30(60-5)33(28)53(42)12-8-9-13-54-34-29(48-41(54)49-39(58)35-32(43)23(3)51-55(35)7-2)20-26(38(45)57)22-31(34)62-16-10-11-52-14-17-61-18-15-52/h8-9,19-22H,6-7,10-18H2,1-5H3,(H2,44,56)(H2,45,57)(H,47,50,59)(H,48,49,58)/b9-8+. The number of allylic oxidation sites excluding steroid dienone is 2. The highest BCUT2D eigenvalue weighted by atomic mass is 32.1. The number of primary amides is 2. The summed E-state index contributed by atoms with van der Waals surface area (Å²) in [6, 6.07) is 6.07. The first kappa shape index (κ1) is 44.3. The van der Waals surface area contributed by atoms with Gasteiger partial charge in [0, 0.05) is 50.4 Å². The first-order chi connectivity index (χ1) is 30.3. The Morgan fingerprint density at radius 3 is 2.03 bits per heavy atom. The van der Waals surface area contributed by atoms with E-state index in [0.29, 0.717) is 76.8 Å². The highest BCUT2D eigenvalue weighted by Crippen LogP contribution is 2.33. The summed E-state index contributed by atoms with van der Waals surface area (Å²) >= 11 is 1.27. The number of hydrogen-bond acceptors (Lipinski definition) is 13. The van der Waals surface area contributed by atoms with Gasteiger partial charge in [-0.2, -0.15) is 5.10 Å². The topological polar surface area (TPSA) is 242 Å². The third-order valence-corrected chi connectivity index (χ3v) is 11.5. The van der Waals surface area contributed by atoms with Crippen molar-refractivity contribution in [3.63, 3.8) is 0 Å². The fraction of sp³-hybridized carbons (Fsp3) is 0.381. The van der Waals surface area contributed by atoms with Crippen molar-refractivity contribution in [2.45, 2.75) is 60.2 Å². The van der Waals surface area contributed by atoms with E-state index < -0.39 is 29.4 Å². The Morgan fingerprint density at radius 2 is 1.46 bits per heavy atom. The van der Waals surface area contributed by atoms with Gasteiger partial charge < -0.3 is 34.8 Å². The van der Waals surface area contributed by atoms with Crippen molar-refractivity contribution in [3.8, 4) is 11.5 Å². The molecule has 332 valence electrons. The summed E-state index contributed by atoms with van der Waals surface area (Å²) in [6.45, 7) is 11.4. The van der Waals surface area contributed by atoms with Crippen molar-refractivity contribution >= 4 is 68.9 Å². The summed E-state index contributed by atoms with van der Waals surface area (Å²) in [5, 5.41) is 10.6. The van der Waals surface area contributed by atoms with Crippen LogP contribution in [0, 0.1) is 19.7 Å². The average Bonchev–Trinajstić information content (AvgIpc) is 4.01. The molecule has 4 aromatic heterocycles. The molecule has 1 aliphatic rings. The number of nitrogens with zero attached hydrogens (tertiary/aromatic N) is 8. The Labute approximate surface area is 365 Å². The number of benzene rings is 2. The van der Waals surface area contributed by atoms with Gasteiger partial charge in [0.1, 0.15) is 27.4 Å². The van der Waals surface area contributed by atoms with Crippen LogP contribution >= 0.6 is 11.3 Å². The Bertz CT molecular complexity index is 2750. The third kappa shape index (κ3) is 9.39. The maximum atomic E-state index is 15.3. The lowest BCUT2D eigenvalue weighted by atomic mass is 10.1. The molecule has 0 spiro atoms. The lowest BCUT2D eigenvalue weighted by Gasteiger charge is -2.26. The van der Waals surface area contributed by atoms with Crippen molar-refractivity contribution in [2.24, 2.45) is 11.5 Å². The van der Waals surface area contributed by atoms with E-state index in [1.54, 1.807) is 28.2 Å². The van der Waals surface area contributed by atoms with Gasteiger partial charge in [-0.25, -0.2) is 19.3 Å². The lowest BCUT2D eigenvalue weighted by Crippen LogP contribution is -2.37. The van der Waals surface area contributed by atoms with Crippen LogP contribution in [0.1, 0.15) is 77.5 Å². The molecular formula is C42H49FN12O7S. The molecule has 0 unspecified atom stereocenters. The first-order valence-electron chi connectivity index (χ1n) is 20.4. The summed E-state index contributed by atoms with van der Waals surface area (Å²) in [5.74, 6) is -2.53. The Morgan fingerprint density at radius 1 is 0.873 bits per heavy atom. The van der Waals surface area contributed by atoms with Crippen LogP contribution in [-0.2, 0) is 30.8 Å². The second kappa shape index (κ2) is 19.1. The number of ether oxygens (including phenoxy) is 3. The number of methoxy groups -OCH3 is 1. The zero-order valence-corrected chi connectivity index (χ0v) is 36.4. The van der Waals surface area contributed by atoms with E-state index in [1.807, 2.05) is 13.8 Å².